The molecule has 0 bridgehead atoms. The predicted molar refractivity (Wildman–Crippen MR) is 91.1 cm³/mol. The molecule has 1 unspecified atom stereocenters. The summed E-state index contributed by atoms with van der Waals surface area (Å²) in [5, 5.41) is 4.47. The molecule has 1 atom stereocenters. The van der Waals surface area contributed by atoms with E-state index in [2.05, 4.69) is 27.0 Å². The molecule has 0 aliphatic carbocycles. The van der Waals surface area contributed by atoms with Crippen LogP contribution in [0.5, 0.6) is 0 Å². The zero-order valence-electron chi connectivity index (χ0n) is 13.7. The molecule has 0 amide bonds. The summed E-state index contributed by atoms with van der Waals surface area (Å²) < 4.78 is 13.4. The Bertz CT molecular complexity index is 682. The van der Waals surface area contributed by atoms with Gasteiger partial charge in [-0.25, -0.2) is 4.39 Å². The monoisotopic (exact) mass is 316 g/mol. The Hall–Kier alpha value is -1.43. The molecule has 2 N–H and O–H groups in total. The van der Waals surface area contributed by atoms with E-state index in [1.807, 2.05) is 6.07 Å². The van der Waals surface area contributed by atoms with Crippen LogP contribution in [0.4, 0.5) is 4.39 Å². The zero-order chi connectivity index (χ0) is 15.8. The molecular weight excluding hydrogens is 291 g/mol. The third-order valence-electron chi connectivity index (χ3n) is 5.46. The standard InChI is InChI=1S/C18H25FN4/c1-13-16-10-14(19)2-3-17(16)21-18(13)12-22-6-8-23(9-7-22)15-4-5-20-11-15/h2-3,10,15,20-21H,4-9,11-12H2,1H3. The first-order valence-electron chi connectivity index (χ1n) is 8.64. The minimum Gasteiger partial charge on any atom is -0.357 e. The van der Waals surface area contributed by atoms with Gasteiger partial charge in [0.2, 0.25) is 0 Å². The van der Waals surface area contributed by atoms with E-state index in [9.17, 15) is 4.39 Å². The van der Waals surface area contributed by atoms with Crippen molar-refractivity contribution < 1.29 is 4.39 Å². The molecule has 4 rings (SSSR count). The lowest BCUT2D eigenvalue weighted by molar-refractivity contribution is 0.0974. The van der Waals surface area contributed by atoms with Crippen LogP contribution in [-0.4, -0.2) is 60.1 Å². The van der Waals surface area contributed by atoms with Gasteiger partial charge in [-0.15, -0.1) is 0 Å². The maximum absolute atomic E-state index is 13.4. The zero-order valence-corrected chi connectivity index (χ0v) is 13.7. The average Bonchev–Trinajstić information content (AvgIpc) is 3.19. The summed E-state index contributed by atoms with van der Waals surface area (Å²) in [6.07, 6.45) is 1.28. The van der Waals surface area contributed by atoms with Gasteiger partial charge < -0.3 is 10.3 Å². The lowest BCUT2D eigenvalue weighted by Gasteiger charge is -2.37. The van der Waals surface area contributed by atoms with Gasteiger partial charge in [0.25, 0.3) is 0 Å². The number of aryl methyl sites for hydroxylation is 1. The molecule has 0 saturated carbocycles. The fourth-order valence-corrected chi connectivity index (χ4v) is 3.97. The van der Waals surface area contributed by atoms with Crippen molar-refractivity contribution in [3.05, 3.63) is 35.3 Å². The van der Waals surface area contributed by atoms with E-state index in [1.54, 1.807) is 6.07 Å². The van der Waals surface area contributed by atoms with Crippen LogP contribution in [0.1, 0.15) is 17.7 Å². The smallest absolute Gasteiger partial charge is 0.123 e. The van der Waals surface area contributed by atoms with Crippen molar-refractivity contribution in [3.8, 4) is 0 Å². The highest BCUT2D eigenvalue weighted by Gasteiger charge is 2.26. The fraction of sp³-hybridized carbons (Fsp3) is 0.556. The van der Waals surface area contributed by atoms with E-state index in [1.165, 1.54) is 23.7 Å². The second-order valence-electron chi connectivity index (χ2n) is 6.88. The number of hydrogen-bond donors (Lipinski definition) is 2. The Morgan fingerprint density at radius 1 is 1.22 bits per heavy atom. The first kappa shape index (κ1) is 15.1. The highest BCUT2D eigenvalue weighted by atomic mass is 19.1. The number of halogens is 1. The molecule has 5 heteroatoms. The number of H-pyrrole nitrogens is 1. The Balaban J connectivity index is 1.42. The van der Waals surface area contributed by atoms with E-state index in [-0.39, 0.29) is 5.82 Å². The highest BCUT2D eigenvalue weighted by molar-refractivity contribution is 5.84. The number of nitrogens with zero attached hydrogens (tertiary/aromatic N) is 2. The molecule has 23 heavy (non-hydrogen) atoms. The molecule has 3 heterocycles. The molecular formula is C18H25FN4. The van der Waals surface area contributed by atoms with Crippen LogP contribution in [0.2, 0.25) is 0 Å². The van der Waals surface area contributed by atoms with E-state index >= 15 is 0 Å². The fourth-order valence-electron chi connectivity index (χ4n) is 3.97. The van der Waals surface area contributed by atoms with Gasteiger partial charge >= 0.3 is 0 Å². The van der Waals surface area contributed by atoms with Crippen molar-refractivity contribution in [2.45, 2.75) is 25.9 Å². The number of piperazine rings is 1. The second-order valence-corrected chi connectivity index (χ2v) is 6.88. The molecule has 2 saturated heterocycles. The van der Waals surface area contributed by atoms with Crippen LogP contribution in [0.25, 0.3) is 10.9 Å². The normalized spacial score (nSPS) is 23.8. The molecule has 2 fully saturated rings. The summed E-state index contributed by atoms with van der Waals surface area (Å²) in [4.78, 5) is 8.61. The Morgan fingerprint density at radius 2 is 2.04 bits per heavy atom. The summed E-state index contributed by atoms with van der Waals surface area (Å²) >= 11 is 0. The third kappa shape index (κ3) is 3.01. The van der Waals surface area contributed by atoms with Crippen LogP contribution in [0, 0.1) is 12.7 Å². The summed E-state index contributed by atoms with van der Waals surface area (Å²) in [6, 6.07) is 5.73. The van der Waals surface area contributed by atoms with Gasteiger partial charge in [0.05, 0.1) is 0 Å². The van der Waals surface area contributed by atoms with Crippen LogP contribution >= 0.6 is 0 Å². The van der Waals surface area contributed by atoms with Gasteiger partial charge in [-0.2, -0.15) is 0 Å². The first-order chi connectivity index (χ1) is 11.2. The maximum Gasteiger partial charge on any atom is 0.123 e. The summed E-state index contributed by atoms with van der Waals surface area (Å²) in [5.74, 6) is -0.162. The van der Waals surface area contributed by atoms with Gasteiger partial charge in [-0.05, 0) is 43.7 Å². The van der Waals surface area contributed by atoms with Gasteiger partial charge in [0, 0.05) is 61.9 Å². The maximum atomic E-state index is 13.4. The first-order valence-corrected chi connectivity index (χ1v) is 8.64. The van der Waals surface area contributed by atoms with E-state index in [0.29, 0.717) is 0 Å². The van der Waals surface area contributed by atoms with E-state index in [4.69, 9.17) is 0 Å². The number of aromatic amines is 1. The number of benzene rings is 1. The SMILES string of the molecule is Cc1c(CN2CCN(C3CCNC3)CC2)[nH]c2ccc(F)cc12. The summed E-state index contributed by atoms with van der Waals surface area (Å²) in [5.41, 5.74) is 3.44. The van der Waals surface area contributed by atoms with E-state index < -0.39 is 0 Å². The molecule has 4 nitrogen and oxygen atoms in total. The van der Waals surface area contributed by atoms with Crippen molar-refractivity contribution in [1.82, 2.24) is 20.1 Å². The van der Waals surface area contributed by atoms with E-state index in [0.717, 1.165) is 62.8 Å². The van der Waals surface area contributed by atoms with Gasteiger partial charge in [0.1, 0.15) is 5.82 Å². The molecule has 124 valence electrons. The average molecular weight is 316 g/mol. The minimum atomic E-state index is -0.162. The van der Waals surface area contributed by atoms with Crippen molar-refractivity contribution in [2.75, 3.05) is 39.3 Å². The van der Waals surface area contributed by atoms with Crippen molar-refractivity contribution in [1.29, 1.82) is 0 Å². The van der Waals surface area contributed by atoms with Gasteiger partial charge in [-0.3, -0.25) is 9.80 Å². The summed E-state index contributed by atoms with van der Waals surface area (Å²) in [7, 11) is 0. The van der Waals surface area contributed by atoms with Crippen LogP contribution in [0.15, 0.2) is 18.2 Å². The number of aromatic nitrogens is 1. The van der Waals surface area contributed by atoms with Crippen LogP contribution in [-0.2, 0) is 6.54 Å². The number of rotatable bonds is 3. The van der Waals surface area contributed by atoms with Gasteiger partial charge in [0.15, 0.2) is 0 Å². The Kier molecular flexibility index (Phi) is 4.09. The van der Waals surface area contributed by atoms with Crippen LogP contribution in [0.3, 0.4) is 0 Å². The summed E-state index contributed by atoms with van der Waals surface area (Å²) in [6.45, 7) is 9.86. The molecule has 2 aliphatic heterocycles. The second kappa shape index (κ2) is 6.23. The topological polar surface area (TPSA) is 34.3 Å². The van der Waals surface area contributed by atoms with Gasteiger partial charge in [-0.1, -0.05) is 0 Å². The predicted octanol–water partition coefficient (Wildman–Crippen LogP) is 2.09. The Morgan fingerprint density at radius 3 is 2.78 bits per heavy atom. The lowest BCUT2D eigenvalue weighted by atomic mass is 10.1. The third-order valence-corrected chi connectivity index (χ3v) is 5.46. The number of hydrogen-bond acceptors (Lipinski definition) is 3. The minimum absolute atomic E-state index is 0.162. The Labute approximate surface area is 136 Å². The van der Waals surface area contributed by atoms with Crippen LogP contribution < -0.4 is 5.32 Å². The van der Waals surface area contributed by atoms with Crippen molar-refractivity contribution in [2.24, 2.45) is 0 Å². The molecule has 0 spiro atoms. The van der Waals surface area contributed by atoms with Crippen molar-refractivity contribution in [3.63, 3.8) is 0 Å². The molecule has 1 aromatic heterocycles. The molecule has 1 aromatic carbocycles. The molecule has 2 aromatic rings. The quantitative estimate of drug-likeness (QED) is 0.910. The van der Waals surface area contributed by atoms with Crippen molar-refractivity contribution >= 4 is 10.9 Å². The lowest BCUT2D eigenvalue weighted by Crippen LogP contribution is -2.50. The molecule has 0 radical (unpaired) electrons. The molecule has 2 aliphatic rings. The largest absolute Gasteiger partial charge is 0.357 e. The highest BCUT2D eigenvalue weighted by Crippen LogP contribution is 2.24. The number of nitrogens with one attached hydrogen (secondary N) is 2. The number of fused-ring (bicyclic) bond motifs is 1.